The second kappa shape index (κ2) is 7.35. The van der Waals surface area contributed by atoms with Crippen molar-refractivity contribution in [3.63, 3.8) is 0 Å². The summed E-state index contributed by atoms with van der Waals surface area (Å²) in [7, 11) is 5.96. The van der Waals surface area contributed by atoms with Crippen LogP contribution in [-0.4, -0.2) is 50.2 Å². The lowest BCUT2D eigenvalue weighted by molar-refractivity contribution is 0.112. The molecule has 118 valence electrons. The fourth-order valence-electron chi connectivity index (χ4n) is 2.21. The van der Waals surface area contributed by atoms with Gasteiger partial charge in [-0.1, -0.05) is 13.3 Å². The minimum Gasteiger partial charge on any atom is -0.377 e. The normalized spacial score (nSPS) is 11.3. The van der Waals surface area contributed by atoms with E-state index in [9.17, 15) is 4.79 Å². The van der Waals surface area contributed by atoms with E-state index in [-0.39, 0.29) is 0 Å². The number of hydrogen-bond acceptors (Lipinski definition) is 5. The van der Waals surface area contributed by atoms with Gasteiger partial charge in [0.15, 0.2) is 6.29 Å². The molecule has 0 atom stereocenters. The van der Waals surface area contributed by atoms with Gasteiger partial charge in [-0.2, -0.15) is 0 Å². The topological polar surface area (TPSA) is 48.8 Å². The molecule has 0 bridgehead atoms. The van der Waals surface area contributed by atoms with Crippen LogP contribution in [0.25, 0.3) is 10.2 Å². The number of carbonyl (C=O) groups is 1. The van der Waals surface area contributed by atoms with Gasteiger partial charge >= 0.3 is 0 Å². The molecule has 6 heteroatoms. The van der Waals surface area contributed by atoms with Crippen LogP contribution < -0.4 is 4.90 Å². The van der Waals surface area contributed by atoms with Crippen LogP contribution >= 0.6 is 11.3 Å². The number of thiophene rings is 1. The Balaban J connectivity index is 2.46. The van der Waals surface area contributed by atoms with E-state index in [1.807, 2.05) is 37.0 Å². The monoisotopic (exact) mass is 318 g/mol. The number of pyridine rings is 1. The number of anilines is 1. The Kier molecular flexibility index (Phi) is 5.49. The number of hydrogen-bond donors (Lipinski definition) is 0. The number of aliphatic imine (C=N–C) groups is 1. The number of rotatable bonds is 7. The predicted octanol–water partition coefficient (Wildman–Crippen LogP) is 3.57. The van der Waals surface area contributed by atoms with Crippen LogP contribution in [0.1, 0.15) is 29.4 Å². The minimum absolute atomic E-state index is 0.622. The number of unbranched alkanes of at least 4 members (excludes halogenated alkanes) is 1. The largest absolute Gasteiger partial charge is 0.377 e. The molecule has 0 saturated carbocycles. The molecule has 2 aromatic heterocycles. The Hall–Kier alpha value is -1.95. The molecule has 0 unspecified atom stereocenters. The molecule has 0 spiro atoms. The smallest absolute Gasteiger partial charge is 0.162 e. The van der Waals surface area contributed by atoms with Gasteiger partial charge in [-0.15, -0.1) is 11.3 Å². The van der Waals surface area contributed by atoms with Crippen molar-refractivity contribution in [1.29, 1.82) is 0 Å². The van der Waals surface area contributed by atoms with Crippen LogP contribution in [-0.2, 0) is 0 Å². The maximum Gasteiger partial charge on any atom is 0.162 e. The van der Waals surface area contributed by atoms with Gasteiger partial charge in [0.1, 0.15) is 4.83 Å². The van der Waals surface area contributed by atoms with Crippen molar-refractivity contribution in [3.05, 3.63) is 17.1 Å². The van der Waals surface area contributed by atoms with Gasteiger partial charge in [-0.05, 0) is 12.5 Å². The van der Waals surface area contributed by atoms with Crippen LogP contribution in [0.2, 0.25) is 0 Å². The quantitative estimate of drug-likeness (QED) is 0.445. The summed E-state index contributed by atoms with van der Waals surface area (Å²) in [4.78, 5) is 25.9. The third-order valence-corrected chi connectivity index (χ3v) is 4.42. The third kappa shape index (κ3) is 3.44. The van der Waals surface area contributed by atoms with E-state index in [0.29, 0.717) is 4.88 Å². The first-order chi connectivity index (χ1) is 10.6. The van der Waals surface area contributed by atoms with Crippen molar-refractivity contribution in [2.45, 2.75) is 19.8 Å². The van der Waals surface area contributed by atoms with Crippen molar-refractivity contribution >= 4 is 45.6 Å². The van der Waals surface area contributed by atoms with Gasteiger partial charge in [0.25, 0.3) is 0 Å². The van der Waals surface area contributed by atoms with E-state index >= 15 is 0 Å². The van der Waals surface area contributed by atoms with Gasteiger partial charge in [-0.25, -0.2) is 9.98 Å². The predicted molar refractivity (Wildman–Crippen MR) is 95.0 cm³/mol. The van der Waals surface area contributed by atoms with E-state index in [1.54, 1.807) is 12.5 Å². The van der Waals surface area contributed by atoms with Gasteiger partial charge < -0.3 is 9.80 Å². The van der Waals surface area contributed by atoms with E-state index in [0.717, 1.165) is 47.3 Å². The molecule has 2 heterocycles. The summed E-state index contributed by atoms with van der Waals surface area (Å²) in [6, 6.07) is 1.95. The summed E-state index contributed by atoms with van der Waals surface area (Å²) in [6.07, 6.45) is 6.70. The van der Waals surface area contributed by atoms with E-state index in [4.69, 9.17) is 0 Å². The summed E-state index contributed by atoms with van der Waals surface area (Å²) in [5.41, 5.74) is 1.74. The molecular weight excluding hydrogens is 296 g/mol. The second-order valence-electron chi connectivity index (χ2n) is 5.42. The van der Waals surface area contributed by atoms with Crippen molar-refractivity contribution in [2.75, 3.05) is 32.6 Å². The van der Waals surface area contributed by atoms with Crippen LogP contribution in [0.15, 0.2) is 17.3 Å². The summed E-state index contributed by atoms with van der Waals surface area (Å²) in [6.45, 7) is 3.12. The second-order valence-corrected chi connectivity index (χ2v) is 6.45. The molecule has 0 aliphatic heterocycles. The Morgan fingerprint density at radius 1 is 1.36 bits per heavy atom. The summed E-state index contributed by atoms with van der Waals surface area (Å²) in [5, 5.41) is 0.944. The third-order valence-electron chi connectivity index (χ3n) is 3.41. The molecule has 0 amide bonds. The zero-order chi connectivity index (χ0) is 16.1. The zero-order valence-electron chi connectivity index (χ0n) is 13.5. The molecule has 0 N–H and O–H groups in total. The van der Waals surface area contributed by atoms with Crippen molar-refractivity contribution < 1.29 is 4.79 Å². The first-order valence-electron chi connectivity index (χ1n) is 7.37. The standard InChI is InChI=1S/C16H22N4OS/c1-5-6-9-20(4)11-18-15-13(10-21)22-16-14(15)12(19(2)3)7-8-17-16/h7-8,10-11H,5-6,9H2,1-4H3. The lowest BCUT2D eigenvalue weighted by Crippen LogP contribution is -2.16. The van der Waals surface area contributed by atoms with Gasteiger partial charge in [0.2, 0.25) is 0 Å². The molecule has 0 aliphatic carbocycles. The SMILES string of the molecule is CCCCN(C)C=Nc1c(C=O)sc2nccc(N(C)C)c12. The van der Waals surface area contributed by atoms with Crippen LogP contribution in [0.5, 0.6) is 0 Å². The average Bonchev–Trinajstić information content (AvgIpc) is 2.88. The van der Waals surface area contributed by atoms with E-state index < -0.39 is 0 Å². The van der Waals surface area contributed by atoms with E-state index in [1.165, 1.54) is 11.3 Å². The summed E-state index contributed by atoms with van der Waals surface area (Å²) >= 11 is 1.39. The molecule has 0 radical (unpaired) electrons. The molecule has 0 fully saturated rings. The fourth-order valence-corrected chi connectivity index (χ4v) is 3.14. The summed E-state index contributed by atoms with van der Waals surface area (Å²) in [5.74, 6) is 0. The molecule has 0 aromatic carbocycles. The highest BCUT2D eigenvalue weighted by Gasteiger charge is 2.16. The minimum atomic E-state index is 0.622. The number of nitrogens with zero attached hydrogens (tertiary/aromatic N) is 4. The Morgan fingerprint density at radius 3 is 2.77 bits per heavy atom. The maximum atomic E-state index is 11.4. The molecule has 2 rings (SSSR count). The zero-order valence-corrected chi connectivity index (χ0v) is 14.4. The van der Waals surface area contributed by atoms with Gasteiger partial charge in [-0.3, -0.25) is 4.79 Å². The van der Waals surface area contributed by atoms with Crippen LogP contribution in [0, 0.1) is 0 Å². The first-order valence-corrected chi connectivity index (χ1v) is 8.18. The van der Waals surface area contributed by atoms with Gasteiger partial charge in [0.05, 0.1) is 28.0 Å². The molecule has 22 heavy (non-hydrogen) atoms. The molecule has 5 nitrogen and oxygen atoms in total. The lowest BCUT2D eigenvalue weighted by atomic mass is 10.2. The number of aromatic nitrogens is 1. The maximum absolute atomic E-state index is 11.4. The van der Waals surface area contributed by atoms with Crippen molar-refractivity contribution in [3.8, 4) is 0 Å². The van der Waals surface area contributed by atoms with Crippen LogP contribution in [0.4, 0.5) is 11.4 Å². The molecular formula is C16H22N4OS. The van der Waals surface area contributed by atoms with Crippen molar-refractivity contribution in [1.82, 2.24) is 9.88 Å². The number of fused-ring (bicyclic) bond motifs is 1. The highest BCUT2D eigenvalue weighted by atomic mass is 32.1. The molecule has 0 aliphatic rings. The van der Waals surface area contributed by atoms with Crippen molar-refractivity contribution in [2.24, 2.45) is 4.99 Å². The molecule has 0 saturated heterocycles. The Morgan fingerprint density at radius 2 is 2.14 bits per heavy atom. The Labute approximate surface area is 135 Å². The first kappa shape index (κ1) is 16.4. The number of aldehydes is 1. The highest BCUT2D eigenvalue weighted by Crippen LogP contribution is 2.40. The fraction of sp³-hybridized carbons (Fsp3) is 0.438. The average molecular weight is 318 g/mol. The summed E-state index contributed by atoms with van der Waals surface area (Å²) < 4.78 is 0. The van der Waals surface area contributed by atoms with E-state index in [2.05, 4.69) is 16.9 Å². The molecule has 2 aromatic rings. The lowest BCUT2D eigenvalue weighted by Gasteiger charge is -2.14. The van der Waals surface area contributed by atoms with Crippen LogP contribution in [0.3, 0.4) is 0 Å². The Bertz CT molecular complexity index is 678. The van der Waals surface area contributed by atoms with Gasteiger partial charge in [0, 0.05) is 33.9 Å². The number of carbonyl (C=O) groups excluding carboxylic acids is 1. The highest BCUT2D eigenvalue weighted by molar-refractivity contribution is 7.21.